The molecule has 1 amide bonds. The highest BCUT2D eigenvalue weighted by atomic mass is 16.5. The Hall–Kier alpha value is -3.82. The van der Waals surface area contributed by atoms with Crippen LogP contribution in [0.2, 0.25) is 0 Å². The highest BCUT2D eigenvalue weighted by molar-refractivity contribution is 6.13. The number of amides is 1. The summed E-state index contributed by atoms with van der Waals surface area (Å²) in [5.74, 6) is 1.01. The molecule has 2 aliphatic rings. The number of rotatable bonds is 5. The van der Waals surface area contributed by atoms with Gasteiger partial charge in [-0.2, -0.15) is 4.98 Å². The van der Waals surface area contributed by atoms with Crippen molar-refractivity contribution >= 4 is 40.8 Å². The first-order chi connectivity index (χ1) is 16.6. The molecule has 4 heterocycles. The number of carbonyl (C=O) groups is 1. The molecular weight excluding hydrogens is 430 g/mol. The number of pyridine rings is 1. The zero-order valence-corrected chi connectivity index (χ0v) is 19.3. The number of para-hydroxylation sites is 1. The van der Waals surface area contributed by atoms with Crippen molar-refractivity contribution in [1.82, 2.24) is 19.9 Å². The lowest BCUT2D eigenvalue weighted by molar-refractivity contribution is 0.0435. The molecule has 1 fully saturated rings. The van der Waals surface area contributed by atoms with Gasteiger partial charge >= 0.3 is 0 Å². The minimum Gasteiger partial charge on any atom is -0.379 e. The minimum atomic E-state index is -0.0897. The molecule has 0 bridgehead atoms. The van der Waals surface area contributed by atoms with Gasteiger partial charge in [-0.3, -0.25) is 14.7 Å². The molecule has 0 saturated carbocycles. The van der Waals surface area contributed by atoms with Crippen LogP contribution in [0.15, 0.2) is 54.9 Å². The topological polar surface area (TPSA) is 86.7 Å². The molecule has 2 aliphatic heterocycles. The van der Waals surface area contributed by atoms with Crippen molar-refractivity contribution in [3.05, 3.63) is 66.1 Å². The van der Waals surface area contributed by atoms with Gasteiger partial charge in [-0.1, -0.05) is 18.2 Å². The van der Waals surface area contributed by atoms with Crippen LogP contribution < -0.4 is 15.1 Å². The fraction of sp³-hybridized carbons (Fsp3) is 0.280. The number of carbonyl (C=O) groups excluding carboxylic acids is 1. The standard InChI is InChI=1S/C25H27N7O2/c1-30-21-8-4-3-7-20(21)24(33)31(2)22-17-27-25(29-23(22)30)28-19-9-10-26-18(16-19)6-5-11-32-12-14-34-15-13-32/h3-10,16-17H,11-15H2,1-2H3,(H,26,27,28,29)/b6-5+. The van der Waals surface area contributed by atoms with Crippen LogP contribution in [0.3, 0.4) is 0 Å². The second kappa shape index (κ2) is 9.58. The van der Waals surface area contributed by atoms with Gasteiger partial charge in [0.2, 0.25) is 5.95 Å². The lowest BCUT2D eigenvalue weighted by atomic mass is 10.1. The summed E-state index contributed by atoms with van der Waals surface area (Å²) in [5, 5.41) is 3.27. The monoisotopic (exact) mass is 457 g/mol. The van der Waals surface area contributed by atoms with Gasteiger partial charge in [-0.15, -0.1) is 0 Å². The molecule has 0 radical (unpaired) electrons. The maximum Gasteiger partial charge on any atom is 0.260 e. The van der Waals surface area contributed by atoms with Crippen LogP contribution in [-0.2, 0) is 4.74 Å². The van der Waals surface area contributed by atoms with E-state index >= 15 is 0 Å². The molecular formula is C25H27N7O2. The van der Waals surface area contributed by atoms with Crippen LogP contribution in [0.4, 0.5) is 28.8 Å². The Kier molecular flexibility index (Phi) is 6.20. The molecule has 34 heavy (non-hydrogen) atoms. The van der Waals surface area contributed by atoms with Crippen LogP contribution in [-0.4, -0.2) is 72.7 Å². The molecule has 9 heteroatoms. The Balaban J connectivity index is 1.36. The van der Waals surface area contributed by atoms with E-state index in [0.717, 1.165) is 49.9 Å². The summed E-state index contributed by atoms with van der Waals surface area (Å²) in [7, 11) is 3.65. The predicted molar refractivity (Wildman–Crippen MR) is 133 cm³/mol. The Morgan fingerprint density at radius 2 is 1.88 bits per heavy atom. The molecule has 3 aromatic rings. The number of nitrogens with one attached hydrogen (secondary N) is 1. The molecule has 0 aliphatic carbocycles. The average Bonchev–Trinajstić information content (AvgIpc) is 2.95. The van der Waals surface area contributed by atoms with Crippen molar-refractivity contribution in [3.8, 4) is 0 Å². The molecule has 9 nitrogen and oxygen atoms in total. The third-order valence-electron chi connectivity index (χ3n) is 6.02. The van der Waals surface area contributed by atoms with Crippen molar-refractivity contribution < 1.29 is 9.53 Å². The van der Waals surface area contributed by atoms with Crippen LogP contribution in [0.1, 0.15) is 16.1 Å². The van der Waals surface area contributed by atoms with E-state index in [1.807, 2.05) is 54.4 Å². The molecule has 174 valence electrons. The number of aromatic nitrogens is 3. The quantitative estimate of drug-likeness (QED) is 0.625. The molecule has 5 rings (SSSR count). The van der Waals surface area contributed by atoms with Gasteiger partial charge < -0.3 is 19.9 Å². The molecule has 1 saturated heterocycles. The third-order valence-corrected chi connectivity index (χ3v) is 6.02. The number of hydrogen-bond donors (Lipinski definition) is 1. The summed E-state index contributed by atoms with van der Waals surface area (Å²) in [4.78, 5) is 32.5. The lowest BCUT2D eigenvalue weighted by Crippen LogP contribution is -2.36. The first-order valence-corrected chi connectivity index (χ1v) is 11.3. The van der Waals surface area contributed by atoms with Gasteiger partial charge in [0.05, 0.1) is 36.4 Å². The smallest absolute Gasteiger partial charge is 0.260 e. The SMILES string of the molecule is CN1C(=O)c2ccccc2N(C)c2nc(Nc3ccnc(/C=C/CN4CCOCC4)c3)ncc21. The number of fused-ring (bicyclic) bond motifs is 2. The Morgan fingerprint density at radius 3 is 2.74 bits per heavy atom. The molecule has 1 N–H and O–H groups in total. The van der Waals surface area contributed by atoms with E-state index in [4.69, 9.17) is 9.72 Å². The van der Waals surface area contributed by atoms with E-state index in [1.165, 1.54) is 0 Å². The molecule has 2 aromatic heterocycles. The van der Waals surface area contributed by atoms with E-state index in [9.17, 15) is 4.79 Å². The van der Waals surface area contributed by atoms with E-state index in [0.29, 0.717) is 23.0 Å². The predicted octanol–water partition coefficient (Wildman–Crippen LogP) is 3.32. The van der Waals surface area contributed by atoms with Crippen molar-refractivity contribution in [2.75, 3.05) is 62.1 Å². The molecule has 0 atom stereocenters. The van der Waals surface area contributed by atoms with Crippen molar-refractivity contribution in [2.24, 2.45) is 0 Å². The summed E-state index contributed by atoms with van der Waals surface area (Å²) in [5.41, 5.74) is 3.77. The first kappa shape index (κ1) is 22.0. The van der Waals surface area contributed by atoms with Gasteiger partial charge in [0, 0.05) is 45.6 Å². The van der Waals surface area contributed by atoms with Gasteiger partial charge in [0.15, 0.2) is 5.82 Å². The molecule has 0 unspecified atom stereocenters. The van der Waals surface area contributed by atoms with E-state index in [2.05, 4.69) is 26.3 Å². The zero-order valence-electron chi connectivity index (χ0n) is 19.3. The van der Waals surface area contributed by atoms with E-state index in [1.54, 1.807) is 24.3 Å². The highest BCUT2D eigenvalue weighted by Crippen LogP contribution is 2.37. The number of hydrogen-bond acceptors (Lipinski definition) is 8. The summed E-state index contributed by atoms with van der Waals surface area (Å²) in [6.07, 6.45) is 7.57. The molecule has 1 aromatic carbocycles. The Labute approximate surface area is 198 Å². The van der Waals surface area contributed by atoms with Gasteiger partial charge in [-0.25, -0.2) is 4.98 Å². The fourth-order valence-electron chi connectivity index (χ4n) is 4.11. The van der Waals surface area contributed by atoms with E-state index < -0.39 is 0 Å². The number of ether oxygens (including phenoxy) is 1. The number of anilines is 5. The minimum absolute atomic E-state index is 0.0897. The molecule has 0 spiro atoms. The summed E-state index contributed by atoms with van der Waals surface area (Å²) >= 11 is 0. The van der Waals surface area contributed by atoms with Crippen LogP contribution in [0.5, 0.6) is 0 Å². The number of nitrogens with zero attached hydrogens (tertiary/aromatic N) is 6. The second-order valence-corrected chi connectivity index (χ2v) is 8.25. The summed E-state index contributed by atoms with van der Waals surface area (Å²) in [6, 6.07) is 11.4. The van der Waals surface area contributed by atoms with Crippen molar-refractivity contribution in [3.63, 3.8) is 0 Å². The first-order valence-electron chi connectivity index (χ1n) is 11.3. The Bertz CT molecular complexity index is 1220. The van der Waals surface area contributed by atoms with Crippen LogP contribution >= 0.6 is 0 Å². The zero-order chi connectivity index (χ0) is 23.5. The van der Waals surface area contributed by atoms with Crippen LogP contribution in [0, 0.1) is 0 Å². The lowest BCUT2D eigenvalue weighted by Gasteiger charge is -2.25. The van der Waals surface area contributed by atoms with E-state index in [-0.39, 0.29) is 5.91 Å². The van der Waals surface area contributed by atoms with Gasteiger partial charge in [0.1, 0.15) is 5.69 Å². The third kappa shape index (κ3) is 4.48. The Morgan fingerprint density at radius 1 is 1.06 bits per heavy atom. The normalized spacial score (nSPS) is 16.4. The van der Waals surface area contributed by atoms with Crippen molar-refractivity contribution in [2.45, 2.75) is 0 Å². The van der Waals surface area contributed by atoms with Crippen molar-refractivity contribution in [1.29, 1.82) is 0 Å². The summed E-state index contributed by atoms with van der Waals surface area (Å²) in [6.45, 7) is 4.36. The maximum atomic E-state index is 13.0. The second-order valence-electron chi connectivity index (χ2n) is 8.25. The van der Waals surface area contributed by atoms with Crippen LogP contribution in [0.25, 0.3) is 6.08 Å². The fourth-order valence-corrected chi connectivity index (χ4v) is 4.11. The van der Waals surface area contributed by atoms with Gasteiger partial charge in [-0.05, 0) is 30.3 Å². The summed E-state index contributed by atoms with van der Waals surface area (Å²) < 4.78 is 5.39. The number of morpholine rings is 1. The number of benzene rings is 1. The average molecular weight is 458 g/mol. The maximum absolute atomic E-state index is 13.0. The highest BCUT2D eigenvalue weighted by Gasteiger charge is 2.28. The largest absolute Gasteiger partial charge is 0.379 e. The van der Waals surface area contributed by atoms with Gasteiger partial charge in [0.25, 0.3) is 5.91 Å².